The highest BCUT2D eigenvalue weighted by atomic mass is 32.2. The van der Waals surface area contributed by atoms with Crippen LogP contribution in [0.5, 0.6) is 5.75 Å². The molecule has 0 bridgehead atoms. The summed E-state index contributed by atoms with van der Waals surface area (Å²) < 4.78 is 33.4. The maximum absolute atomic E-state index is 13.1. The van der Waals surface area contributed by atoms with Crippen LogP contribution < -0.4 is 10.1 Å². The molecule has 0 radical (unpaired) electrons. The lowest BCUT2D eigenvalue weighted by molar-refractivity contribution is 0.0924. The SMILES string of the molecule is Cc1ccc(C(=O)N[C@H]2CCOc3ccccc32)cc1S(=O)(=O)N1CCCCC1. The first kappa shape index (κ1) is 19.9. The summed E-state index contributed by atoms with van der Waals surface area (Å²) in [5.41, 5.74) is 1.96. The molecule has 2 aliphatic heterocycles. The molecule has 0 unspecified atom stereocenters. The number of amides is 1. The van der Waals surface area contributed by atoms with Gasteiger partial charge in [0.05, 0.1) is 17.5 Å². The van der Waals surface area contributed by atoms with Gasteiger partial charge >= 0.3 is 0 Å². The van der Waals surface area contributed by atoms with Gasteiger partial charge in [0, 0.05) is 30.6 Å². The quantitative estimate of drug-likeness (QED) is 0.832. The van der Waals surface area contributed by atoms with Gasteiger partial charge < -0.3 is 10.1 Å². The summed E-state index contributed by atoms with van der Waals surface area (Å²) in [6, 6.07) is 12.4. The van der Waals surface area contributed by atoms with Crippen molar-refractivity contribution in [3.8, 4) is 5.75 Å². The van der Waals surface area contributed by atoms with Crippen LogP contribution in [0, 0.1) is 6.92 Å². The summed E-state index contributed by atoms with van der Waals surface area (Å²) in [7, 11) is -3.60. The zero-order valence-corrected chi connectivity index (χ0v) is 17.4. The Morgan fingerprint density at radius 1 is 1.10 bits per heavy atom. The Kier molecular flexibility index (Phi) is 5.61. The molecular weight excluding hydrogens is 388 g/mol. The lowest BCUT2D eigenvalue weighted by Gasteiger charge is -2.27. The van der Waals surface area contributed by atoms with Crippen LogP contribution in [-0.4, -0.2) is 38.3 Å². The summed E-state index contributed by atoms with van der Waals surface area (Å²) in [6.45, 7) is 3.38. The minimum absolute atomic E-state index is 0.157. The molecular formula is C22H26N2O4S. The molecule has 0 aromatic heterocycles. The maximum Gasteiger partial charge on any atom is 0.251 e. The van der Waals surface area contributed by atoms with Crippen LogP contribution in [0.3, 0.4) is 0 Å². The molecule has 2 aromatic rings. The van der Waals surface area contributed by atoms with Crippen LogP contribution in [0.1, 0.15) is 53.2 Å². The molecule has 29 heavy (non-hydrogen) atoms. The van der Waals surface area contributed by atoms with Gasteiger partial charge in [0.2, 0.25) is 10.0 Å². The summed E-state index contributed by atoms with van der Waals surface area (Å²) in [5, 5.41) is 3.04. The first-order valence-electron chi connectivity index (χ1n) is 10.1. The fourth-order valence-electron chi connectivity index (χ4n) is 4.00. The summed E-state index contributed by atoms with van der Waals surface area (Å²) in [5.74, 6) is 0.503. The number of piperidine rings is 1. The van der Waals surface area contributed by atoms with E-state index >= 15 is 0 Å². The fourth-order valence-corrected chi connectivity index (χ4v) is 5.77. The first-order chi connectivity index (χ1) is 14.0. The number of sulfonamides is 1. The van der Waals surface area contributed by atoms with Gasteiger partial charge in [-0.15, -0.1) is 0 Å². The summed E-state index contributed by atoms with van der Waals surface area (Å²) >= 11 is 0. The van der Waals surface area contributed by atoms with E-state index in [2.05, 4.69) is 5.32 Å². The molecule has 1 amide bonds. The lowest BCUT2D eigenvalue weighted by atomic mass is 10.00. The standard InChI is InChI=1S/C22H26N2O4S/c1-16-9-10-17(15-21(16)29(26,27)24-12-5-2-6-13-24)22(25)23-19-11-14-28-20-8-4-3-7-18(19)20/h3-4,7-10,15,19H,2,5-6,11-14H2,1H3,(H,23,25)/t19-/m0/s1. The van der Waals surface area contributed by atoms with E-state index in [0.717, 1.165) is 30.6 Å². The van der Waals surface area contributed by atoms with Crippen molar-refractivity contribution in [2.24, 2.45) is 0 Å². The highest BCUT2D eigenvalue weighted by Gasteiger charge is 2.29. The molecule has 7 heteroatoms. The second kappa shape index (κ2) is 8.16. The van der Waals surface area contributed by atoms with E-state index in [-0.39, 0.29) is 16.8 Å². The largest absolute Gasteiger partial charge is 0.493 e. The Morgan fingerprint density at radius 3 is 2.66 bits per heavy atom. The number of nitrogens with one attached hydrogen (secondary N) is 1. The van der Waals surface area contributed by atoms with Gasteiger partial charge in [-0.25, -0.2) is 8.42 Å². The number of hydrogen-bond acceptors (Lipinski definition) is 4. The molecule has 4 rings (SSSR count). The Bertz CT molecular complexity index is 1010. The number of fused-ring (bicyclic) bond motifs is 1. The van der Waals surface area contributed by atoms with Crippen molar-refractivity contribution >= 4 is 15.9 Å². The van der Waals surface area contributed by atoms with E-state index in [1.165, 1.54) is 10.4 Å². The van der Waals surface area contributed by atoms with Crippen molar-refractivity contribution in [3.63, 3.8) is 0 Å². The van der Waals surface area contributed by atoms with Crippen LogP contribution in [0.15, 0.2) is 47.4 Å². The molecule has 1 saturated heterocycles. The molecule has 1 fully saturated rings. The van der Waals surface area contributed by atoms with Crippen molar-refractivity contribution in [1.82, 2.24) is 9.62 Å². The number of hydrogen-bond donors (Lipinski definition) is 1. The topological polar surface area (TPSA) is 75.7 Å². The Morgan fingerprint density at radius 2 is 1.86 bits per heavy atom. The monoisotopic (exact) mass is 414 g/mol. The van der Waals surface area contributed by atoms with Gasteiger partial charge in [-0.05, 0) is 43.5 Å². The van der Waals surface area contributed by atoms with Crippen LogP contribution in [0.2, 0.25) is 0 Å². The Balaban J connectivity index is 1.58. The minimum Gasteiger partial charge on any atom is -0.493 e. The molecule has 1 N–H and O–H groups in total. The molecule has 2 aliphatic rings. The zero-order valence-electron chi connectivity index (χ0n) is 16.6. The lowest BCUT2D eigenvalue weighted by Crippen LogP contribution is -2.36. The third-order valence-corrected chi connectivity index (χ3v) is 7.69. The number of aryl methyl sites for hydroxylation is 1. The fraction of sp³-hybridized carbons (Fsp3) is 0.409. The van der Waals surface area contributed by atoms with Gasteiger partial charge in [0.15, 0.2) is 0 Å². The third kappa shape index (κ3) is 4.02. The Hall–Kier alpha value is -2.38. The summed E-state index contributed by atoms with van der Waals surface area (Å²) in [4.78, 5) is 13.2. The summed E-state index contributed by atoms with van der Waals surface area (Å²) in [6.07, 6.45) is 3.48. The highest BCUT2D eigenvalue weighted by molar-refractivity contribution is 7.89. The zero-order chi connectivity index (χ0) is 20.4. The van der Waals surface area contributed by atoms with Gasteiger partial charge in [0.1, 0.15) is 5.75 Å². The second-order valence-corrected chi connectivity index (χ2v) is 9.55. The van der Waals surface area contributed by atoms with Crippen molar-refractivity contribution in [3.05, 3.63) is 59.2 Å². The third-order valence-electron chi connectivity index (χ3n) is 5.65. The minimum atomic E-state index is -3.60. The number of carbonyl (C=O) groups excluding carboxylic acids is 1. The average Bonchev–Trinajstić information content (AvgIpc) is 2.75. The maximum atomic E-state index is 13.1. The molecule has 0 spiro atoms. The number of ether oxygens (including phenoxy) is 1. The molecule has 2 aromatic carbocycles. The van der Waals surface area contributed by atoms with Gasteiger partial charge in [-0.2, -0.15) is 4.31 Å². The molecule has 6 nitrogen and oxygen atoms in total. The highest BCUT2D eigenvalue weighted by Crippen LogP contribution is 2.32. The van der Waals surface area contributed by atoms with Crippen LogP contribution in [-0.2, 0) is 10.0 Å². The predicted octanol–water partition coefficient (Wildman–Crippen LogP) is 3.42. The van der Waals surface area contributed by atoms with Crippen molar-refractivity contribution in [2.75, 3.05) is 19.7 Å². The van der Waals surface area contributed by atoms with E-state index in [1.807, 2.05) is 24.3 Å². The number of benzene rings is 2. The molecule has 2 heterocycles. The van der Waals surface area contributed by atoms with Crippen LogP contribution in [0.4, 0.5) is 0 Å². The van der Waals surface area contributed by atoms with Crippen LogP contribution in [0.25, 0.3) is 0 Å². The van der Waals surface area contributed by atoms with Gasteiger partial charge in [-0.3, -0.25) is 4.79 Å². The number of nitrogens with zero attached hydrogens (tertiary/aromatic N) is 1. The predicted molar refractivity (Wildman–Crippen MR) is 111 cm³/mol. The van der Waals surface area contributed by atoms with Gasteiger partial charge in [-0.1, -0.05) is 30.7 Å². The molecule has 0 saturated carbocycles. The Labute approximate surface area is 171 Å². The normalized spacial score (nSPS) is 19.8. The van der Waals surface area contributed by atoms with E-state index in [1.54, 1.807) is 19.1 Å². The van der Waals surface area contributed by atoms with Crippen molar-refractivity contribution in [2.45, 2.75) is 43.5 Å². The van der Waals surface area contributed by atoms with E-state index < -0.39 is 10.0 Å². The van der Waals surface area contributed by atoms with E-state index in [0.29, 0.717) is 37.2 Å². The van der Waals surface area contributed by atoms with E-state index in [4.69, 9.17) is 4.74 Å². The number of para-hydroxylation sites is 1. The number of rotatable bonds is 4. The smallest absolute Gasteiger partial charge is 0.251 e. The molecule has 1 atom stereocenters. The van der Waals surface area contributed by atoms with Crippen LogP contribution >= 0.6 is 0 Å². The van der Waals surface area contributed by atoms with E-state index in [9.17, 15) is 13.2 Å². The molecule has 154 valence electrons. The van der Waals surface area contributed by atoms with Crippen molar-refractivity contribution in [1.29, 1.82) is 0 Å². The number of carbonyl (C=O) groups is 1. The van der Waals surface area contributed by atoms with Gasteiger partial charge in [0.25, 0.3) is 5.91 Å². The van der Waals surface area contributed by atoms with Crippen molar-refractivity contribution < 1.29 is 17.9 Å². The first-order valence-corrected chi connectivity index (χ1v) is 11.5. The molecule has 0 aliphatic carbocycles. The average molecular weight is 415 g/mol. The second-order valence-electron chi connectivity index (χ2n) is 7.65.